The predicted molar refractivity (Wildman–Crippen MR) is 165 cm³/mol. The van der Waals surface area contributed by atoms with E-state index < -0.39 is 5.54 Å². The Morgan fingerprint density at radius 1 is 0.854 bits per heavy atom. The van der Waals surface area contributed by atoms with Gasteiger partial charge in [-0.1, -0.05) is 91.0 Å². The highest BCUT2D eigenvalue weighted by atomic mass is 16.2. The van der Waals surface area contributed by atoms with E-state index in [1.165, 1.54) is 0 Å². The lowest BCUT2D eigenvalue weighted by molar-refractivity contribution is -0.124. The lowest BCUT2D eigenvalue weighted by Gasteiger charge is -2.37. The molecule has 4 aromatic carbocycles. The maximum Gasteiger partial charge on any atom is 0.234 e. The fourth-order valence-corrected chi connectivity index (χ4v) is 6.94. The minimum atomic E-state index is -0.722. The van der Waals surface area contributed by atoms with Crippen molar-refractivity contribution in [3.63, 3.8) is 0 Å². The van der Waals surface area contributed by atoms with Gasteiger partial charge in [-0.15, -0.1) is 0 Å². The molecule has 0 bridgehead atoms. The number of rotatable bonds is 7. The Kier molecular flexibility index (Phi) is 6.36. The normalized spacial score (nSPS) is 19.0. The molecule has 0 radical (unpaired) electrons. The maximum atomic E-state index is 13.6. The molecule has 2 saturated heterocycles. The van der Waals surface area contributed by atoms with E-state index in [1.807, 2.05) is 4.90 Å². The first kappa shape index (κ1) is 25.5. The van der Waals surface area contributed by atoms with Crippen LogP contribution in [0, 0.1) is 5.41 Å². The van der Waals surface area contributed by atoms with Crippen LogP contribution in [0.25, 0.3) is 10.9 Å². The Morgan fingerprint density at radius 2 is 1.46 bits per heavy atom. The second-order valence-electron chi connectivity index (χ2n) is 11.2. The third kappa shape index (κ3) is 3.97. The Labute approximate surface area is 241 Å². The molecule has 1 unspecified atom stereocenters. The molecule has 2 aliphatic rings. The summed E-state index contributed by atoms with van der Waals surface area (Å²) in [5.41, 5.74) is 4.34. The fourth-order valence-electron chi connectivity index (χ4n) is 6.94. The molecule has 1 spiro atoms. The molecule has 0 aliphatic carbocycles. The molecule has 6 heteroatoms. The Hall–Kier alpha value is -4.42. The lowest BCUT2D eigenvalue weighted by Crippen LogP contribution is -2.38. The summed E-state index contributed by atoms with van der Waals surface area (Å²) in [6, 6.07) is 38.3. The molecule has 2 N–H and O–H groups in total. The number of carbonyl (C=O) groups excluding carboxylic acids is 1. The van der Waals surface area contributed by atoms with Crippen molar-refractivity contribution < 1.29 is 4.79 Å². The first-order valence-electron chi connectivity index (χ1n) is 14.6. The second-order valence-corrected chi connectivity index (χ2v) is 11.2. The maximum absolute atomic E-state index is 13.6. The van der Waals surface area contributed by atoms with Gasteiger partial charge in [-0.25, -0.2) is 4.68 Å². The number of aromatic nitrogens is 2. The highest BCUT2D eigenvalue weighted by Gasteiger charge is 2.49. The summed E-state index contributed by atoms with van der Waals surface area (Å²) in [5, 5.41) is 13.3. The van der Waals surface area contributed by atoms with Gasteiger partial charge in [-0.3, -0.25) is 4.79 Å². The molecule has 6 nitrogen and oxygen atoms in total. The Balaban J connectivity index is 1.48. The molecule has 1 atom stereocenters. The van der Waals surface area contributed by atoms with Gasteiger partial charge in [-0.05, 0) is 61.2 Å². The van der Waals surface area contributed by atoms with Crippen LogP contribution in [0.15, 0.2) is 109 Å². The smallest absolute Gasteiger partial charge is 0.234 e. The van der Waals surface area contributed by atoms with Gasteiger partial charge in [0.2, 0.25) is 5.91 Å². The van der Waals surface area contributed by atoms with Gasteiger partial charge in [-0.2, -0.15) is 5.10 Å². The Morgan fingerprint density at radius 3 is 2.00 bits per heavy atom. The predicted octanol–water partition coefficient (Wildman–Crippen LogP) is 6.02. The minimum Gasteiger partial charge on any atom is -0.368 e. The zero-order valence-electron chi connectivity index (χ0n) is 23.4. The highest BCUT2D eigenvalue weighted by Crippen LogP contribution is 2.45. The summed E-state index contributed by atoms with van der Waals surface area (Å²) in [6.45, 7) is 5.27. The molecular weight excluding hydrogens is 506 g/mol. The molecular formula is C35H35N5O. The number of nitrogens with one attached hydrogen (secondary N) is 2. The van der Waals surface area contributed by atoms with Crippen LogP contribution < -0.4 is 15.5 Å². The molecule has 206 valence electrons. The topological polar surface area (TPSA) is 62.2 Å². The number of benzene rings is 4. The average Bonchev–Trinajstić information content (AvgIpc) is 3.74. The summed E-state index contributed by atoms with van der Waals surface area (Å²) < 4.78 is 2.18. The number of anilines is 2. The van der Waals surface area contributed by atoms with Gasteiger partial charge >= 0.3 is 0 Å². The third-order valence-corrected chi connectivity index (χ3v) is 8.97. The van der Waals surface area contributed by atoms with Crippen molar-refractivity contribution in [2.24, 2.45) is 5.41 Å². The van der Waals surface area contributed by atoms with Gasteiger partial charge in [0.05, 0.1) is 10.9 Å². The number of hydrogen-bond donors (Lipinski definition) is 2. The van der Waals surface area contributed by atoms with Crippen LogP contribution in [0.2, 0.25) is 0 Å². The number of carbonyl (C=O) groups is 1. The van der Waals surface area contributed by atoms with E-state index in [2.05, 4.69) is 131 Å². The van der Waals surface area contributed by atoms with Crippen LogP contribution in [0.1, 0.15) is 36.5 Å². The van der Waals surface area contributed by atoms with E-state index in [0.717, 1.165) is 78.1 Å². The van der Waals surface area contributed by atoms with Crippen LogP contribution >= 0.6 is 0 Å². The molecule has 1 aromatic heterocycles. The van der Waals surface area contributed by atoms with Crippen molar-refractivity contribution in [1.82, 2.24) is 15.1 Å². The summed E-state index contributed by atoms with van der Waals surface area (Å²) in [4.78, 5) is 15.6. The minimum absolute atomic E-state index is 0.242. The first-order chi connectivity index (χ1) is 20.2. The molecule has 41 heavy (non-hydrogen) atoms. The molecule has 0 saturated carbocycles. The van der Waals surface area contributed by atoms with E-state index in [1.54, 1.807) is 0 Å². The number of hydrogen-bond acceptors (Lipinski definition) is 4. The fraction of sp³-hybridized carbons (Fsp3) is 0.257. The van der Waals surface area contributed by atoms with Crippen molar-refractivity contribution in [3.8, 4) is 0 Å². The third-order valence-electron chi connectivity index (χ3n) is 8.97. The largest absolute Gasteiger partial charge is 0.368 e. The highest BCUT2D eigenvalue weighted by molar-refractivity contribution is 6.03. The van der Waals surface area contributed by atoms with Gasteiger partial charge in [0.1, 0.15) is 5.54 Å². The molecule has 2 fully saturated rings. The van der Waals surface area contributed by atoms with E-state index in [-0.39, 0.29) is 11.3 Å². The first-order valence-corrected chi connectivity index (χ1v) is 14.6. The van der Waals surface area contributed by atoms with Crippen LogP contribution in [0.4, 0.5) is 11.5 Å². The average molecular weight is 542 g/mol. The van der Waals surface area contributed by atoms with Gasteiger partial charge in [0.25, 0.3) is 0 Å². The summed E-state index contributed by atoms with van der Waals surface area (Å²) in [6.07, 6.45) is 1.81. The Bertz CT molecular complexity index is 1580. The number of amides is 1. The molecule has 7 rings (SSSR count). The van der Waals surface area contributed by atoms with Crippen LogP contribution in [-0.2, 0) is 10.3 Å². The van der Waals surface area contributed by atoms with Crippen LogP contribution in [-0.4, -0.2) is 41.9 Å². The number of fused-ring (bicyclic) bond motifs is 1. The van der Waals surface area contributed by atoms with Crippen molar-refractivity contribution in [3.05, 3.63) is 126 Å². The molecule has 1 amide bonds. The zero-order chi connectivity index (χ0) is 27.9. The molecule has 2 aliphatic heterocycles. The van der Waals surface area contributed by atoms with Crippen molar-refractivity contribution in [1.29, 1.82) is 0 Å². The monoisotopic (exact) mass is 541 g/mol. The van der Waals surface area contributed by atoms with Gasteiger partial charge < -0.3 is 15.5 Å². The molecule has 5 aromatic rings. The summed E-state index contributed by atoms with van der Waals surface area (Å²) in [7, 11) is 0. The van der Waals surface area contributed by atoms with Crippen LogP contribution in [0.3, 0.4) is 0 Å². The lowest BCUT2D eigenvalue weighted by atomic mass is 9.77. The SMILES string of the molecule is CCNc1nn(C(c2ccccc2)(c2ccccc2)c2ccccc2)c2ccc(N3CCC4(CCNC4)C3=O)cc12. The number of nitrogens with zero attached hydrogens (tertiary/aromatic N) is 3. The van der Waals surface area contributed by atoms with E-state index in [0.29, 0.717) is 0 Å². The van der Waals surface area contributed by atoms with Crippen LogP contribution in [0.5, 0.6) is 0 Å². The van der Waals surface area contributed by atoms with Crippen molar-refractivity contribution in [2.75, 3.05) is 36.4 Å². The van der Waals surface area contributed by atoms with Gasteiger partial charge in [0.15, 0.2) is 5.82 Å². The van der Waals surface area contributed by atoms with Crippen molar-refractivity contribution in [2.45, 2.75) is 25.3 Å². The standard InChI is InChI=1S/C35H35N5O/c1-2-37-32-30-24-29(39-23-21-34(33(39)41)20-22-36-25-34)18-19-31(30)40(38-32)35(26-12-6-3-7-13-26,27-14-8-4-9-15-27)28-16-10-5-11-17-28/h3-19,24,36H,2,20-23,25H2,1H3,(H,37,38). The molecule has 3 heterocycles. The quantitative estimate of drug-likeness (QED) is 0.247. The van der Waals surface area contributed by atoms with E-state index in [4.69, 9.17) is 5.10 Å². The van der Waals surface area contributed by atoms with Gasteiger partial charge in [0, 0.05) is 30.7 Å². The van der Waals surface area contributed by atoms with E-state index >= 15 is 0 Å². The van der Waals surface area contributed by atoms with E-state index in [9.17, 15) is 4.79 Å². The zero-order valence-corrected chi connectivity index (χ0v) is 23.4. The second kappa shape index (κ2) is 10.2. The summed E-state index contributed by atoms with van der Waals surface area (Å²) in [5.74, 6) is 1.06. The van der Waals surface area contributed by atoms with Crippen molar-refractivity contribution >= 4 is 28.3 Å². The summed E-state index contributed by atoms with van der Waals surface area (Å²) >= 11 is 0.